The standard InChI is InChI=1S/C24H27FN4O3.C17H17FN4O.ClH/c1-15(2)28-14-21(29(24(28)32)19-7-5-18(25)6-8-19)17-11-12-26-22(13-17)27-23(31)16-3-9-20(30)10-4-16;1-11(2)21-10-15(12-7-8-20-16(19)9-12)22(17(21)23)14-5-3-13(18)4-6-14;/h5-8,11-16,20,30H,3-4,9-10H2,1-2H3,(H,26,27,31);3-11H,1-2H3,(H2,19,20);1H. The highest BCUT2D eigenvalue weighted by atomic mass is 35.5. The number of carbonyl (C=O) groups is 1. The van der Waals surface area contributed by atoms with Crippen LogP contribution < -0.4 is 22.4 Å². The number of nitrogens with two attached hydrogens (primary N) is 1. The van der Waals surface area contributed by atoms with Gasteiger partial charge in [0.1, 0.15) is 23.3 Å². The van der Waals surface area contributed by atoms with E-state index >= 15 is 0 Å². The van der Waals surface area contributed by atoms with Gasteiger partial charge in [0.25, 0.3) is 0 Å². The summed E-state index contributed by atoms with van der Waals surface area (Å²) in [6.45, 7) is 7.70. The predicted octanol–water partition coefficient (Wildman–Crippen LogP) is 7.34. The van der Waals surface area contributed by atoms with Crippen LogP contribution in [0.2, 0.25) is 0 Å². The first-order valence-electron chi connectivity index (χ1n) is 18.2. The van der Waals surface area contributed by atoms with Crippen molar-refractivity contribution < 1.29 is 18.7 Å². The van der Waals surface area contributed by atoms with Crippen molar-refractivity contribution in [1.29, 1.82) is 0 Å². The molecule has 0 aliphatic heterocycles. The molecule has 1 fully saturated rings. The summed E-state index contributed by atoms with van der Waals surface area (Å²) < 4.78 is 33.0. The SMILES string of the molecule is CC(C)n1cc(-c2ccnc(N)c2)n(-c2ccc(F)cc2)c1=O.CC(C)n1cc(-c2ccnc(NC(=O)C3CCC(O)CC3)c2)n(-c2ccc(F)cc2)c1=O.Cl. The van der Waals surface area contributed by atoms with Crippen LogP contribution in [-0.4, -0.2) is 45.4 Å². The number of anilines is 2. The van der Waals surface area contributed by atoms with E-state index in [-0.39, 0.29) is 65.4 Å². The molecule has 15 heteroatoms. The summed E-state index contributed by atoms with van der Waals surface area (Å²) in [6, 6.07) is 18.5. The zero-order valence-electron chi connectivity index (χ0n) is 31.5. The largest absolute Gasteiger partial charge is 0.393 e. The fourth-order valence-electron chi connectivity index (χ4n) is 6.59. The zero-order valence-corrected chi connectivity index (χ0v) is 32.3. The maximum atomic E-state index is 13.5. The molecule has 2 aromatic carbocycles. The maximum Gasteiger partial charge on any atom is 0.333 e. The molecule has 294 valence electrons. The first kappa shape index (κ1) is 41.3. The van der Waals surface area contributed by atoms with Crippen molar-refractivity contribution >= 4 is 29.9 Å². The van der Waals surface area contributed by atoms with Gasteiger partial charge in [-0.25, -0.2) is 28.3 Å². The minimum Gasteiger partial charge on any atom is -0.393 e. The number of hydrogen-bond donors (Lipinski definition) is 3. The van der Waals surface area contributed by atoms with Gasteiger partial charge in [-0.15, -0.1) is 12.4 Å². The van der Waals surface area contributed by atoms with Crippen molar-refractivity contribution in [3.8, 4) is 33.9 Å². The van der Waals surface area contributed by atoms with Crippen molar-refractivity contribution in [1.82, 2.24) is 28.2 Å². The van der Waals surface area contributed by atoms with Gasteiger partial charge in [0.05, 0.1) is 28.9 Å². The van der Waals surface area contributed by atoms with Gasteiger partial charge in [-0.05, 0) is 126 Å². The normalized spacial score (nSPS) is 15.2. The summed E-state index contributed by atoms with van der Waals surface area (Å²) >= 11 is 0. The Balaban J connectivity index is 0.000000222. The number of hydrogen-bond acceptors (Lipinski definition) is 7. The Bertz CT molecular complexity index is 2390. The van der Waals surface area contributed by atoms with Crippen molar-refractivity contribution in [2.75, 3.05) is 11.1 Å². The van der Waals surface area contributed by atoms with Crippen molar-refractivity contribution in [2.24, 2.45) is 5.92 Å². The minimum atomic E-state index is -0.379. The van der Waals surface area contributed by atoms with E-state index < -0.39 is 0 Å². The summed E-state index contributed by atoms with van der Waals surface area (Å²) in [7, 11) is 0. The highest BCUT2D eigenvalue weighted by molar-refractivity contribution is 5.92. The highest BCUT2D eigenvalue weighted by Gasteiger charge is 2.26. The van der Waals surface area contributed by atoms with E-state index in [2.05, 4.69) is 15.3 Å². The van der Waals surface area contributed by atoms with Crippen LogP contribution in [0.15, 0.2) is 107 Å². The highest BCUT2D eigenvalue weighted by Crippen LogP contribution is 2.28. The lowest BCUT2D eigenvalue weighted by atomic mass is 9.87. The number of carbonyl (C=O) groups excluding carboxylic acids is 1. The topological polar surface area (TPSA) is 155 Å². The molecular weight excluding hydrogens is 742 g/mol. The molecule has 4 N–H and O–H groups in total. The van der Waals surface area contributed by atoms with Gasteiger partial charge in [0.2, 0.25) is 5.91 Å². The van der Waals surface area contributed by atoms with E-state index in [0.717, 1.165) is 5.56 Å². The Morgan fingerprint density at radius 1 is 0.732 bits per heavy atom. The number of pyridine rings is 2. The van der Waals surface area contributed by atoms with Crippen LogP contribution >= 0.6 is 12.4 Å². The summed E-state index contributed by atoms with van der Waals surface area (Å²) in [6.07, 6.45) is 8.94. The molecule has 1 aliphatic carbocycles. The number of aromatic nitrogens is 6. The molecule has 12 nitrogen and oxygen atoms in total. The number of aliphatic hydroxyl groups is 1. The van der Waals surface area contributed by atoms with Crippen LogP contribution in [0.4, 0.5) is 20.4 Å². The average Bonchev–Trinajstić information content (AvgIpc) is 3.70. The van der Waals surface area contributed by atoms with E-state index in [1.54, 1.807) is 87.0 Å². The molecular formula is C41H45ClF2N8O4. The van der Waals surface area contributed by atoms with E-state index in [1.807, 2.05) is 27.7 Å². The van der Waals surface area contributed by atoms with Gasteiger partial charge in [0.15, 0.2) is 0 Å². The van der Waals surface area contributed by atoms with Gasteiger partial charge in [-0.3, -0.25) is 23.1 Å². The molecule has 6 aromatic rings. The number of nitrogen functional groups attached to an aromatic ring is 1. The molecule has 0 saturated heterocycles. The monoisotopic (exact) mass is 786 g/mol. The second kappa shape index (κ2) is 17.7. The molecule has 1 saturated carbocycles. The molecule has 0 atom stereocenters. The molecule has 4 heterocycles. The lowest BCUT2D eigenvalue weighted by Gasteiger charge is -2.24. The Labute approximate surface area is 328 Å². The molecule has 1 aliphatic rings. The lowest BCUT2D eigenvalue weighted by molar-refractivity contribution is -0.121. The number of nitrogens with one attached hydrogen (secondary N) is 1. The molecule has 0 bridgehead atoms. The molecule has 0 spiro atoms. The van der Waals surface area contributed by atoms with Crippen LogP contribution in [0.25, 0.3) is 33.9 Å². The van der Waals surface area contributed by atoms with Gasteiger partial charge >= 0.3 is 11.4 Å². The molecule has 0 radical (unpaired) electrons. The van der Waals surface area contributed by atoms with Crippen molar-refractivity contribution in [3.05, 3.63) is 130 Å². The van der Waals surface area contributed by atoms with Crippen LogP contribution in [0.3, 0.4) is 0 Å². The van der Waals surface area contributed by atoms with Gasteiger partial charge < -0.3 is 16.2 Å². The maximum absolute atomic E-state index is 13.5. The third-order valence-corrected chi connectivity index (χ3v) is 9.56. The van der Waals surface area contributed by atoms with E-state index in [9.17, 15) is 28.3 Å². The van der Waals surface area contributed by atoms with Crippen molar-refractivity contribution in [2.45, 2.75) is 71.6 Å². The third-order valence-electron chi connectivity index (χ3n) is 9.56. The van der Waals surface area contributed by atoms with E-state index in [4.69, 9.17) is 5.73 Å². The number of imidazole rings is 2. The lowest BCUT2D eigenvalue weighted by Crippen LogP contribution is -2.29. The first-order chi connectivity index (χ1) is 26.3. The quantitative estimate of drug-likeness (QED) is 0.146. The molecule has 1 amide bonds. The molecule has 7 rings (SSSR count). The Morgan fingerprint density at radius 2 is 1.18 bits per heavy atom. The van der Waals surface area contributed by atoms with Crippen LogP contribution in [-0.2, 0) is 4.79 Å². The number of nitrogens with zero attached hydrogens (tertiary/aromatic N) is 6. The third kappa shape index (κ3) is 9.15. The summed E-state index contributed by atoms with van der Waals surface area (Å²) in [4.78, 5) is 46.8. The fourth-order valence-corrected chi connectivity index (χ4v) is 6.59. The number of amides is 1. The number of halogens is 3. The minimum absolute atomic E-state index is 0. The second-order valence-electron chi connectivity index (χ2n) is 14.1. The van der Waals surface area contributed by atoms with Crippen molar-refractivity contribution in [3.63, 3.8) is 0 Å². The zero-order chi connectivity index (χ0) is 39.4. The second-order valence-corrected chi connectivity index (χ2v) is 14.1. The summed E-state index contributed by atoms with van der Waals surface area (Å²) in [5, 5.41) is 12.5. The van der Waals surface area contributed by atoms with E-state index in [1.165, 1.54) is 28.8 Å². The summed E-state index contributed by atoms with van der Waals surface area (Å²) in [5.74, 6) is -0.219. The Morgan fingerprint density at radius 3 is 1.62 bits per heavy atom. The van der Waals surface area contributed by atoms with Gasteiger partial charge in [-0.1, -0.05) is 0 Å². The first-order valence-corrected chi connectivity index (χ1v) is 18.2. The average molecular weight is 787 g/mol. The van der Waals surface area contributed by atoms with Gasteiger partial charge in [0, 0.05) is 53.9 Å². The molecule has 4 aromatic heterocycles. The number of benzene rings is 2. The fraction of sp³-hybridized carbons (Fsp3) is 0.293. The summed E-state index contributed by atoms with van der Waals surface area (Å²) in [5.41, 5.74) is 9.27. The van der Waals surface area contributed by atoms with Crippen LogP contribution in [0.1, 0.15) is 65.5 Å². The van der Waals surface area contributed by atoms with E-state index in [0.29, 0.717) is 65.6 Å². The Kier molecular flexibility index (Phi) is 13.1. The number of rotatable bonds is 8. The van der Waals surface area contributed by atoms with Crippen LogP contribution in [0.5, 0.6) is 0 Å². The number of aliphatic hydroxyl groups excluding tert-OH is 1. The molecule has 0 unspecified atom stereocenters. The molecule has 56 heavy (non-hydrogen) atoms. The van der Waals surface area contributed by atoms with Gasteiger partial charge in [-0.2, -0.15) is 0 Å². The Hall–Kier alpha value is -5.86. The van der Waals surface area contributed by atoms with Crippen LogP contribution in [0, 0.1) is 17.6 Å². The predicted molar refractivity (Wildman–Crippen MR) is 215 cm³/mol. The smallest absolute Gasteiger partial charge is 0.333 e.